The molecule has 0 saturated carbocycles. The van der Waals surface area contributed by atoms with E-state index in [1.807, 2.05) is 79.5 Å². The topological polar surface area (TPSA) is 83.5 Å². The molecule has 0 atom stereocenters. The lowest BCUT2D eigenvalue weighted by atomic mass is 10.2. The lowest BCUT2D eigenvalue weighted by Crippen LogP contribution is -2.48. The summed E-state index contributed by atoms with van der Waals surface area (Å²) in [7, 11) is 4.07. The van der Waals surface area contributed by atoms with Crippen LogP contribution >= 0.6 is 23.5 Å². The van der Waals surface area contributed by atoms with Gasteiger partial charge in [0.05, 0.1) is 28.6 Å². The van der Waals surface area contributed by atoms with E-state index >= 15 is 0 Å². The summed E-state index contributed by atoms with van der Waals surface area (Å²) >= 11 is 3.01. The highest BCUT2D eigenvalue weighted by Gasteiger charge is 2.39. The van der Waals surface area contributed by atoms with Crippen LogP contribution in [0.3, 0.4) is 0 Å². The Bertz CT molecular complexity index is 1590. The van der Waals surface area contributed by atoms with E-state index in [4.69, 9.17) is 4.99 Å². The van der Waals surface area contributed by atoms with Crippen LogP contribution < -0.4 is 15.5 Å². The van der Waals surface area contributed by atoms with Crippen molar-refractivity contribution in [3.05, 3.63) is 88.3 Å². The molecule has 0 spiro atoms. The number of nitrogens with zero attached hydrogens (tertiary/aromatic N) is 5. The highest BCUT2D eigenvalue weighted by Crippen LogP contribution is 2.50. The molecule has 3 heterocycles. The third-order valence-electron chi connectivity index (χ3n) is 7.60. The summed E-state index contributed by atoms with van der Waals surface area (Å²) in [6, 6.07) is 23.7. The van der Waals surface area contributed by atoms with Gasteiger partial charge in [0, 0.05) is 50.4 Å². The monoisotopic (exact) mass is 613 g/mol. The van der Waals surface area contributed by atoms with Gasteiger partial charge in [-0.05, 0) is 61.6 Å². The summed E-state index contributed by atoms with van der Waals surface area (Å²) in [5.41, 5.74) is 4.26. The van der Waals surface area contributed by atoms with E-state index in [9.17, 15) is 9.59 Å². The average molecular weight is 614 g/mol. The Morgan fingerprint density at radius 3 is 2.42 bits per heavy atom. The number of amidine groups is 1. The molecule has 43 heavy (non-hydrogen) atoms. The van der Waals surface area contributed by atoms with Crippen LogP contribution in [0.5, 0.6) is 0 Å². The summed E-state index contributed by atoms with van der Waals surface area (Å²) in [4.78, 5) is 41.8. The molecule has 2 fully saturated rings. The molecular formula is C32H35N7O2S2. The molecule has 0 radical (unpaired) electrons. The van der Waals surface area contributed by atoms with E-state index in [1.165, 1.54) is 11.8 Å². The number of hydrogen-bond acceptors (Lipinski definition) is 8. The molecule has 9 nitrogen and oxygen atoms in total. The number of para-hydroxylation sites is 1. The summed E-state index contributed by atoms with van der Waals surface area (Å²) < 4.78 is 0. The normalized spacial score (nSPS) is 19.7. The molecule has 0 aliphatic carbocycles. The predicted octanol–water partition coefficient (Wildman–Crippen LogP) is 6.07. The first-order chi connectivity index (χ1) is 20.9. The van der Waals surface area contributed by atoms with E-state index < -0.39 is 0 Å². The molecule has 3 amide bonds. The zero-order valence-electron chi connectivity index (χ0n) is 24.5. The van der Waals surface area contributed by atoms with Crippen molar-refractivity contribution in [1.29, 1.82) is 0 Å². The van der Waals surface area contributed by atoms with Crippen LogP contribution in [0.15, 0.2) is 92.6 Å². The molecular weight excluding hydrogens is 579 g/mol. The minimum Gasteiger partial charge on any atom is -0.384 e. The van der Waals surface area contributed by atoms with Crippen molar-refractivity contribution in [2.75, 3.05) is 62.4 Å². The van der Waals surface area contributed by atoms with Gasteiger partial charge in [-0.3, -0.25) is 9.69 Å². The molecule has 3 aromatic rings. The van der Waals surface area contributed by atoms with Crippen molar-refractivity contribution < 1.29 is 9.59 Å². The first-order valence-corrected chi connectivity index (χ1v) is 16.0. The van der Waals surface area contributed by atoms with Crippen LogP contribution in [0.2, 0.25) is 0 Å². The maximum atomic E-state index is 14.1. The van der Waals surface area contributed by atoms with Crippen LogP contribution in [0.25, 0.3) is 0 Å². The van der Waals surface area contributed by atoms with Gasteiger partial charge in [0.2, 0.25) is 0 Å². The first kappa shape index (κ1) is 29.2. The predicted molar refractivity (Wildman–Crippen MR) is 178 cm³/mol. The molecule has 0 bridgehead atoms. The van der Waals surface area contributed by atoms with Gasteiger partial charge in [0.25, 0.3) is 5.91 Å². The number of carbonyl (C=O) groups is 2. The van der Waals surface area contributed by atoms with Crippen molar-refractivity contribution in [2.45, 2.75) is 18.4 Å². The fourth-order valence-corrected chi connectivity index (χ4v) is 7.52. The van der Waals surface area contributed by atoms with Crippen molar-refractivity contribution >= 4 is 63.4 Å². The summed E-state index contributed by atoms with van der Waals surface area (Å²) in [5.74, 6) is -0.0701. The Morgan fingerprint density at radius 1 is 0.930 bits per heavy atom. The largest absolute Gasteiger partial charge is 0.384 e. The second kappa shape index (κ2) is 12.7. The average Bonchev–Trinajstić information content (AvgIpc) is 3.51. The molecule has 6 rings (SSSR count). The number of urea groups is 1. The molecule has 3 aliphatic heterocycles. The van der Waals surface area contributed by atoms with Crippen LogP contribution in [0.1, 0.15) is 12.5 Å². The molecule has 0 aromatic heterocycles. The quantitative estimate of drug-likeness (QED) is 0.327. The van der Waals surface area contributed by atoms with Gasteiger partial charge in [-0.1, -0.05) is 54.2 Å². The van der Waals surface area contributed by atoms with Gasteiger partial charge in [0.1, 0.15) is 4.91 Å². The Morgan fingerprint density at radius 2 is 1.67 bits per heavy atom. The molecule has 0 unspecified atom stereocenters. The van der Waals surface area contributed by atoms with Crippen molar-refractivity contribution in [3.63, 3.8) is 0 Å². The minimum atomic E-state index is -0.119. The Balaban J connectivity index is 1.35. The number of piperazine rings is 1. The minimum absolute atomic E-state index is 0.0701. The van der Waals surface area contributed by atoms with Crippen molar-refractivity contribution in [2.24, 2.45) is 4.99 Å². The SMILES string of the molecule is CCNc1ccc(NC(=O)N2CCN(C)CC2)cc1N=C1S/C(=C2\Sc3ccccc3N2C)C(=O)N1Cc1ccccc1. The molecule has 2 N–H and O–H groups in total. The summed E-state index contributed by atoms with van der Waals surface area (Å²) in [6.45, 7) is 6.22. The third-order valence-corrected chi connectivity index (χ3v) is 10.0. The van der Waals surface area contributed by atoms with Gasteiger partial charge in [-0.2, -0.15) is 0 Å². The second-order valence-electron chi connectivity index (χ2n) is 10.6. The molecule has 11 heteroatoms. The van der Waals surface area contributed by atoms with Crippen molar-refractivity contribution in [3.8, 4) is 0 Å². The first-order valence-electron chi connectivity index (χ1n) is 14.4. The number of nitrogens with one attached hydrogen (secondary N) is 2. The van der Waals surface area contributed by atoms with Gasteiger partial charge in [-0.15, -0.1) is 0 Å². The number of benzene rings is 3. The summed E-state index contributed by atoms with van der Waals surface area (Å²) in [5, 5.41) is 7.94. The second-order valence-corrected chi connectivity index (χ2v) is 12.6. The number of rotatable bonds is 6. The Kier molecular flexibility index (Phi) is 8.64. The Labute approximate surface area is 261 Å². The zero-order chi connectivity index (χ0) is 29.9. The van der Waals surface area contributed by atoms with E-state index in [2.05, 4.69) is 39.6 Å². The molecule has 3 aliphatic rings. The summed E-state index contributed by atoms with van der Waals surface area (Å²) in [6.07, 6.45) is 0. The van der Waals surface area contributed by atoms with E-state index in [0.29, 0.717) is 47.6 Å². The van der Waals surface area contributed by atoms with E-state index in [0.717, 1.165) is 40.0 Å². The number of fused-ring (bicyclic) bond motifs is 1. The number of hydrogen-bond donors (Lipinski definition) is 2. The fourth-order valence-electron chi connectivity index (χ4n) is 5.18. The zero-order valence-corrected chi connectivity index (χ0v) is 26.2. The lowest BCUT2D eigenvalue weighted by molar-refractivity contribution is -0.122. The van der Waals surface area contributed by atoms with Crippen LogP contribution in [-0.2, 0) is 11.3 Å². The number of carbonyl (C=O) groups excluding carboxylic acids is 2. The molecule has 3 aromatic carbocycles. The smallest absolute Gasteiger partial charge is 0.321 e. The van der Waals surface area contributed by atoms with Gasteiger partial charge in [-0.25, -0.2) is 9.79 Å². The highest BCUT2D eigenvalue weighted by molar-refractivity contribution is 8.19. The van der Waals surface area contributed by atoms with Crippen LogP contribution in [0.4, 0.5) is 27.5 Å². The Hall–Kier alpha value is -3.93. The number of anilines is 3. The highest BCUT2D eigenvalue weighted by atomic mass is 32.2. The third kappa shape index (κ3) is 6.24. The number of thioether (sulfide) groups is 2. The van der Waals surface area contributed by atoms with E-state index in [1.54, 1.807) is 16.7 Å². The molecule has 2 saturated heterocycles. The number of likely N-dealkylation sites (N-methyl/N-ethyl adjacent to an activating group) is 1. The van der Waals surface area contributed by atoms with Gasteiger partial charge >= 0.3 is 6.03 Å². The van der Waals surface area contributed by atoms with Crippen LogP contribution in [0, 0.1) is 0 Å². The fraction of sp³-hybridized carbons (Fsp3) is 0.281. The van der Waals surface area contributed by atoms with Gasteiger partial charge in [0.15, 0.2) is 5.17 Å². The maximum Gasteiger partial charge on any atom is 0.321 e. The standard InChI is InChI=1S/C32H35N7O2S2/c1-4-33-24-15-14-23(34-31(41)38-18-16-36(2)17-19-38)20-25(24)35-32-39(21-22-10-6-5-7-11-22)29(40)28(43-32)30-37(3)26-12-8-9-13-27(26)42-30/h5-15,20,33H,4,16-19,21H2,1-3H3,(H,34,41)/b30-28-,35-32?. The lowest BCUT2D eigenvalue weighted by Gasteiger charge is -2.32. The number of aliphatic imine (C=N–C) groups is 1. The van der Waals surface area contributed by atoms with Crippen molar-refractivity contribution in [1.82, 2.24) is 14.7 Å². The van der Waals surface area contributed by atoms with E-state index in [-0.39, 0.29) is 11.9 Å². The maximum absolute atomic E-state index is 14.1. The van der Waals surface area contributed by atoms with Gasteiger partial charge < -0.3 is 25.3 Å². The molecule has 222 valence electrons. The van der Waals surface area contributed by atoms with Crippen LogP contribution in [-0.4, -0.2) is 78.6 Å². The number of amides is 3.